The second-order valence-electron chi connectivity index (χ2n) is 15.2. The fourth-order valence-electron chi connectivity index (χ4n) is 9.15. The van der Waals surface area contributed by atoms with Crippen molar-refractivity contribution < 1.29 is 4.42 Å². The van der Waals surface area contributed by atoms with Crippen LogP contribution < -0.4 is 4.90 Å². The van der Waals surface area contributed by atoms with E-state index in [0.717, 1.165) is 55.7 Å². The van der Waals surface area contributed by atoms with Crippen LogP contribution in [0.1, 0.15) is 0 Å². The Balaban J connectivity index is 1.12. The summed E-state index contributed by atoms with van der Waals surface area (Å²) < 4.78 is 9.15. The molecule has 2 heterocycles. The molecule has 10 aromatic carbocycles. The first kappa shape index (κ1) is 33.7. The van der Waals surface area contributed by atoms with E-state index in [2.05, 4.69) is 211 Å². The van der Waals surface area contributed by atoms with Crippen LogP contribution in [0.2, 0.25) is 0 Å². The number of rotatable bonds is 6. The minimum atomic E-state index is 0.861. The Bertz CT molecular complexity index is 3560. The lowest BCUT2D eigenvalue weighted by atomic mass is 9.91. The first-order chi connectivity index (χ1) is 29.3. The van der Waals surface area contributed by atoms with Gasteiger partial charge in [-0.2, -0.15) is 0 Å². The number of para-hydroxylation sites is 1. The van der Waals surface area contributed by atoms with Crippen LogP contribution in [0.3, 0.4) is 0 Å². The van der Waals surface area contributed by atoms with Crippen LogP contribution in [-0.2, 0) is 0 Å². The summed E-state index contributed by atoms with van der Waals surface area (Å²) >= 11 is 1.87. The zero-order chi connectivity index (χ0) is 38.9. The maximum Gasteiger partial charge on any atom is 0.137 e. The van der Waals surface area contributed by atoms with Crippen LogP contribution in [0.15, 0.2) is 217 Å². The average molecular weight is 770 g/mol. The number of nitrogens with zero attached hydrogens (tertiary/aromatic N) is 1. The summed E-state index contributed by atoms with van der Waals surface area (Å²) in [5.74, 6) is 0. The SMILES string of the molecule is c1ccc(-c2ccc(-c3cc4ccccc4c4ccccc34)cc2N(c2ccc(-c3cccc4c3sc3ccccc34)cc2)c2cccc3oc4ccccc4c23)cc1. The van der Waals surface area contributed by atoms with Gasteiger partial charge in [0.15, 0.2) is 0 Å². The van der Waals surface area contributed by atoms with Crippen molar-refractivity contribution in [3.63, 3.8) is 0 Å². The molecule has 2 aromatic heterocycles. The molecule has 0 unspecified atom stereocenters. The van der Waals surface area contributed by atoms with Crippen molar-refractivity contribution in [2.45, 2.75) is 0 Å². The minimum Gasteiger partial charge on any atom is -0.456 e. The molecule has 0 saturated heterocycles. The molecule has 2 nitrogen and oxygen atoms in total. The highest BCUT2D eigenvalue weighted by molar-refractivity contribution is 7.26. The number of benzene rings is 10. The van der Waals surface area contributed by atoms with E-state index in [0.29, 0.717) is 0 Å². The van der Waals surface area contributed by atoms with Crippen molar-refractivity contribution >= 4 is 92.1 Å². The molecule has 0 bridgehead atoms. The fourth-order valence-corrected chi connectivity index (χ4v) is 10.4. The van der Waals surface area contributed by atoms with Crippen molar-refractivity contribution in [2.24, 2.45) is 0 Å². The number of fused-ring (bicyclic) bond motifs is 9. The standard InChI is InChI=1S/C56H35NOS/c1-2-14-36(15-3-1)42-33-30-39(49-34-38-16-4-5-17-41(38)44-18-6-7-19-45(44)49)35-51(42)57(50-24-13-26-53-55(50)48-21-8-10-25-52(48)58-53)40-31-28-37(29-32-40)43-22-12-23-47-46-20-9-11-27-54(46)59-56(43)47/h1-35H. The van der Waals surface area contributed by atoms with Crippen LogP contribution in [0.5, 0.6) is 0 Å². The van der Waals surface area contributed by atoms with E-state index in [9.17, 15) is 0 Å². The molecule has 3 heteroatoms. The lowest BCUT2D eigenvalue weighted by Gasteiger charge is -2.29. The number of furan rings is 1. The van der Waals surface area contributed by atoms with Gasteiger partial charge in [0.25, 0.3) is 0 Å². The molecule has 0 saturated carbocycles. The summed E-state index contributed by atoms with van der Waals surface area (Å²) in [4.78, 5) is 2.45. The second kappa shape index (κ2) is 13.6. The van der Waals surface area contributed by atoms with Gasteiger partial charge in [-0.1, -0.05) is 164 Å². The average Bonchev–Trinajstić information content (AvgIpc) is 3.89. The third-order valence-corrected chi connectivity index (χ3v) is 13.1. The Hall–Kier alpha value is -7.46. The zero-order valence-electron chi connectivity index (χ0n) is 32.0. The van der Waals surface area contributed by atoms with Gasteiger partial charge in [0, 0.05) is 36.8 Å². The Morgan fingerprint density at radius 3 is 1.86 bits per heavy atom. The summed E-state index contributed by atoms with van der Waals surface area (Å²) in [6, 6.07) is 77.0. The molecule has 0 atom stereocenters. The molecule has 59 heavy (non-hydrogen) atoms. The van der Waals surface area contributed by atoms with Gasteiger partial charge < -0.3 is 9.32 Å². The van der Waals surface area contributed by atoms with Gasteiger partial charge in [-0.05, 0) is 97.9 Å². The Kier molecular flexibility index (Phi) is 7.75. The van der Waals surface area contributed by atoms with Crippen molar-refractivity contribution in [2.75, 3.05) is 4.90 Å². The van der Waals surface area contributed by atoms with Crippen molar-refractivity contribution in [3.05, 3.63) is 212 Å². The highest BCUT2D eigenvalue weighted by atomic mass is 32.1. The molecule has 0 aliphatic carbocycles. The van der Waals surface area contributed by atoms with E-state index >= 15 is 0 Å². The van der Waals surface area contributed by atoms with E-state index in [1.54, 1.807) is 0 Å². The van der Waals surface area contributed by atoms with Gasteiger partial charge in [-0.3, -0.25) is 0 Å². The van der Waals surface area contributed by atoms with E-state index < -0.39 is 0 Å². The molecular weight excluding hydrogens is 735 g/mol. The molecule has 0 N–H and O–H groups in total. The molecule has 0 fully saturated rings. The Labute approximate surface area is 345 Å². The van der Waals surface area contributed by atoms with Crippen LogP contribution in [0, 0.1) is 0 Å². The molecule has 0 amide bonds. The van der Waals surface area contributed by atoms with Gasteiger partial charge in [0.1, 0.15) is 11.2 Å². The molecule has 0 spiro atoms. The van der Waals surface area contributed by atoms with Gasteiger partial charge in [-0.25, -0.2) is 0 Å². The minimum absolute atomic E-state index is 0.861. The summed E-state index contributed by atoms with van der Waals surface area (Å²) in [5, 5.41) is 9.77. The topological polar surface area (TPSA) is 16.4 Å². The van der Waals surface area contributed by atoms with Gasteiger partial charge >= 0.3 is 0 Å². The van der Waals surface area contributed by atoms with Crippen molar-refractivity contribution in [1.82, 2.24) is 0 Å². The van der Waals surface area contributed by atoms with Gasteiger partial charge in [0.05, 0.1) is 16.8 Å². The predicted molar refractivity (Wildman–Crippen MR) is 253 cm³/mol. The second-order valence-corrected chi connectivity index (χ2v) is 16.3. The summed E-state index contributed by atoms with van der Waals surface area (Å²) in [6.07, 6.45) is 0. The Morgan fingerprint density at radius 1 is 0.356 bits per heavy atom. The van der Waals surface area contributed by atoms with Crippen LogP contribution in [-0.4, -0.2) is 0 Å². The van der Waals surface area contributed by atoms with E-state index in [1.807, 2.05) is 17.4 Å². The van der Waals surface area contributed by atoms with E-state index in [4.69, 9.17) is 4.42 Å². The number of thiophene rings is 1. The number of hydrogen-bond acceptors (Lipinski definition) is 3. The predicted octanol–water partition coefficient (Wildman–Crippen LogP) is 16.7. The smallest absolute Gasteiger partial charge is 0.137 e. The molecule has 0 radical (unpaired) electrons. The summed E-state index contributed by atoms with van der Waals surface area (Å²) in [5.41, 5.74) is 12.0. The van der Waals surface area contributed by atoms with Crippen LogP contribution in [0.25, 0.3) is 97.0 Å². The molecule has 12 aromatic rings. The number of hydrogen-bond donors (Lipinski definition) is 0. The highest BCUT2D eigenvalue weighted by Crippen LogP contribution is 2.49. The van der Waals surface area contributed by atoms with Crippen molar-refractivity contribution in [1.29, 1.82) is 0 Å². The normalized spacial score (nSPS) is 11.7. The third-order valence-electron chi connectivity index (χ3n) is 11.9. The van der Waals surface area contributed by atoms with Gasteiger partial charge in [-0.15, -0.1) is 11.3 Å². The van der Waals surface area contributed by atoms with Crippen LogP contribution >= 0.6 is 11.3 Å². The highest BCUT2D eigenvalue weighted by Gasteiger charge is 2.23. The molecule has 12 rings (SSSR count). The zero-order valence-corrected chi connectivity index (χ0v) is 32.8. The van der Waals surface area contributed by atoms with Crippen LogP contribution in [0.4, 0.5) is 17.1 Å². The van der Waals surface area contributed by atoms with Gasteiger partial charge in [0.2, 0.25) is 0 Å². The van der Waals surface area contributed by atoms with Crippen molar-refractivity contribution in [3.8, 4) is 33.4 Å². The summed E-state index contributed by atoms with van der Waals surface area (Å²) in [6.45, 7) is 0. The lowest BCUT2D eigenvalue weighted by Crippen LogP contribution is -2.12. The summed E-state index contributed by atoms with van der Waals surface area (Å²) in [7, 11) is 0. The quantitative estimate of drug-likeness (QED) is 0.157. The monoisotopic (exact) mass is 769 g/mol. The molecule has 276 valence electrons. The molecule has 0 aliphatic heterocycles. The first-order valence-electron chi connectivity index (χ1n) is 20.1. The Morgan fingerprint density at radius 2 is 1.00 bits per heavy atom. The third kappa shape index (κ3) is 5.47. The number of anilines is 3. The maximum absolute atomic E-state index is 6.53. The largest absolute Gasteiger partial charge is 0.456 e. The fraction of sp³-hybridized carbons (Fsp3) is 0. The lowest BCUT2D eigenvalue weighted by molar-refractivity contribution is 0.669. The first-order valence-corrected chi connectivity index (χ1v) is 20.9. The molecule has 0 aliphatic rings. The van der Waals surface area contributed by atoms with E-state index in [1.165, 1.54) is 58.4 Å². The maximum atomic E-state index is 6.53. The van der Waals surface area contributed by atoms with E-state index in [-0.39, 0.29) is 0 Å². The molecular formula is C56H35NOS.